The number of benzene rings is 1. The number of halogens is 1. The molecular weight excluding hydrogens is 268 g/mol. The average molecular weight is 281 g/mol. The molecule has 0 heterocycles. The molecule has 0 aliphatic heterocycles. The fourth-order valence-corrected chi connectivity index (χ4v) is 1.27. The van der Waals surface area contributed by atoms with Crippen LogP contribution in [0, 0.1) is 0 Å². The maximum Gasteiger partial charge on any atom is 0.319 e. The molecule has 0 atom stereocenters. The third kappa shape index (κ3) is 4.79. The number of carbonyl (C=O) groups excluding carboxylic acids is 1. The van der Waals surface area contributed by atoms with Crippen molar-refractivity contribution in [1.82, 2.24) is 10.6 Å². The van der Waals surface area contributed by atoms with Crippen molar-refractivity contribution in [3.63, 3.8) is 0 Å². The number of nitrogens with one attached hydrogen (secondary N) is 2. The van der Waals surface area contributed by atoms with Crippen LogP contribution in [0.4, 0.5) is 4.79 Å². The molecule has 1 aromatic carbocycles. The fourth-order valence-electron chi connectivity index (χ4n) is 1.00. The van der Waals surface area contributed by atoms with E-state index in [-0.39, 0.29) is 6.03 Å². The third-order valence-electron chi connectivity index (χ3n) is 1.77. The summed E-state index contributed by atoms with van der Waals surface area (Å²) in [7, 11) is 0. The first-order chi connectivity index (χ1) is 7.72. The lowest BCUT2D eigenvalue weighted by atomic mass is 10.2. The summed E-state index contributed by atoms with van der Waals surface area (Å²) >= 11 is 3.35. The summed E-state index contributed by atoms with van der Waals surface area (Å²) < 4.78 is 1.03. The van der Waals surface area contributed by atoms with E-state index in [9.17, 15) is 4.79 Å². The van der Waals surface area contributed by atoms with E-state index in [2.05, 4.69) is 33.1 Å². The van der Waals surface area contributed by atoms with E-state index < -0.39 is 0 Å². The summed E-state index contributed by atoms with van der Waals surface area (Å²) in [5.41, 5.74) is 1.02. The van der Waals surface area contributed by atoms with Crippen LogP contribution in [0.15, 0.2) is 47.6 Å². The monoisotopic (exact) mass is 280 g/mol. The van der Waals surface area contributed by atoms with Gasteiger partial charge in [-0.15, -0.1) is 6.58 Å². The minimum atomic E-state index is -0.242. The highest BCUT2D eigenvalue weighted by Gasteiger charge is 1.92. The highest BCUT2D eigenvalue weighted by molar-refractivity contribution is 9.10. The maximum atomic E-state index is 11.1. The molecule has 2 N–H and O–H groups in total. The number of carbonyl (C=O) groups is 1. The topological polar surface area (TPSA) is 41.1 Å². The molecule has 1 rings (SSSR count). The zero-order valence-corrected chi connectivity index (χ0v) is 10.3. The Morgan fingerprint density at radius 1 is 1.38 bits per heavy atom. The normalized spacial score (nSPS) is 10.1. The van der Waals surface area contributed by atoms with Gasteiger partial charge in [0.1, 0.15) is 0 Å². The van der Waals surface area contributed by atoms with E-state index in [1.165, 1.54) is 0 Å². The Morgan fingerprint density at radius 2 is 2.06 bits per heavy atom. The van der Waals surface area contributed by atoms with Crippen molar-refractivity contribution >= 4 is 28.0 Å². The van der Waals surface area contributed by atoms with Crippen molar-refractivity contribution < 1.29 is 4.79 Å². The number of amides is 2. The van der Waals surface area contributed by atoms with Crippen LogP contribution in [0.2, 0.25) is 0 Å². The van der Waals surface area contributed by atoms with Crippen molar-refractivity contribution in [3.8, 4) is 0 Å². The third-order valence-corrected chi connectivity index (χ3v) is 2.30. The van der Waals surface area contributed by atoms with Crippen LogP contribution in [0.5, 0.6) is 0 Å². The van der Waals surface area contributed by atoms with Gasteiger partial charge in [0.25, 0.3) is 0 Å². The molecule has 0 fully saturated rings. The summed E-state index contributed by atoms with van der Waals surface area (Å²) in [4.78, 5) is 11.1. The summed E-state index contributed by atoms with van der Waals surface area (Å²) in [5, 5.41) is 5.19. The molecule has 0 aliphatic carbocycles. The van der Waals surface area contributed by atoms with Gasteiger partial charge < -0.3 is 10.6 Å². The SMILES string of the molecule is C=CCNC(=O)N/C=C/c1ccc(Br)cc1. The number of hydrogen-bond donors (Lipinski definition) is 2. The smallest absolute Gasteiger partial charge is 0.319 e. The average Bonchev–Trinajstić information content (AvgIpc) is 2.29. The van der Waals surface area contributed by atoms with E-state index in [4.69, 9.17) is 0 Å². The van der Waals surface area contributed by atoms with Crippen LogP contribution in [-0.2, 0) is 0 Å². The first-order valence-electron chi connectivity index (χ1n) is 4.80. The first kappa shape index (κ1) is 12.5. The molecule has 0 bridgehead atoms. The van der Waals surface area contributed by atoms with Gasteiger partial charge in [-0.3, -0.25) is 0 Å². The van der Waals surface area contributed by atoms with Gasteiger partial charge in [-0.25, -0.2) is 4.79 Å². The Balaban J connectivity index is 2.39. The van der Waals surface area contributed by atoms with E-state index in [1.807, 2.05) is 30.3 Å². The molecule has 0 spiro atoms. The second-order valence-electron chi connectivity index (χ2n) is 3.03. The van der Waals surface area contributed by atoms with E-state index in [0.29, 0.717) is 6.54 Å². The molecule has 16 heavy (non-hydrogen) atoms. The second kappa shape index (κ2) is 6.85. The van der Waals surface area contributed by atoms with Gasteiger partial charge in [0.05, 0.1) is 0 Å². The minimum Gasteiger partial charge on any atom is -0.334 e. The van der Waals surface area contributed by atoms with E-state index >= 15 is 0 Å². The van der Waals surface area contributed by atoms with Crippen LogP contribution in [0.1, 0.15) is 5.56 Å². The number of rotatable bonds is 4. The summed E-state index contributed by atoms with van der Waals surface area (Å²) in [6.07, 6.45) is 5.04. The number of hydrogen-bond acceptors (Lipinski definition) is 1. The lowest BCUT2D eigenvalue weighted by Gasteiger charge is -2.00. The van der Waals surface area contributed by atoms with Gasteiger partial charge in [0.15, 0.2) is 0 Å². The molecule has 0 saturated carbocycles. The van der Waals surface area contributed by atoms with Gasteiger partial charge in [-0.1, -0.05) is 34.1 Å². The van der Waals surface area contributed by atoms with Crippen LogP contribution < -0.4 is 10.6 Å². The molecule has 3 nitrogen and oxygen atoms in total. The Morgan fingerprint density at radius 3 is 2.69 bits per heavy atom. The first-order valence-corrected chi connectivity index (χ1v) is 5.59. The van der Waals surface area contributed by atoms with Crippen molar-refractivity contribution in [1.29, 1.82) is 0 Å². The molecule has 0 unspecified atom stereocenters. The van der Waals surface area contributed by atoms with Crippen molar-refractivity contribution in [2.75, 3.05) is 6.54 Å². The summed E-state index contributed by atoms with van der Waals surface area (Å²) in [5.74, 6) is 0. The van der Waals surface area contributed by atoms with Gasteiger partial charge in [0, 0.05) is 17.2 Å². The lowest BCUT2D eigenvalue weighted by Crippen LogP contribution is -2.31. The molecule has 1 aromatic rings. The van der Waals surface area contributed by atoms with Crippen LogP contribution in [0.3, 0.4) is 0 Å². The Bertz CT molecular complexity index is 385. The quantitative estimate of drug-likeness (QED) is 0.819. The summed E-state index contributed by atoms with van der Waals surface area (Å²) in [6.45, 7) is 3.96. The van der Waals surface area contributed by atoms with Crippen molar-refractivity contribution in [2.45, 2.75) is 0 Å². The van der Waals surface area contributed by atoms with Gasteiger partial charge in [-0.2, -0.15) is 0 Å². The van der Waals surface area contributed by atoms with E-state index in [1.54, 1.807) is 12.3 Å². The highest BCUT2D eigenvalue weighted by Crippen LogP contribution is 2.10. The standard InChI is InChI=1S/C12H13BrN2O/c1-2-8-14-12(16)15-9-7-10-3-5-11(13)6-4-10/h2-7,9H,1,8H2,(H2,14,15,16)/b9-7+. The molecule has 0 saturated heterocycles. The molecular formula is C12H13BrN2O. The Hall–Kier alpha value is -1.55. The number of urea groups is 1. The zero-order valence-electron chi connectivity index (χ0n) is 8.74. The predicted octanol–water partition coefficient (Wildman–Crippen LogP) is 2.91. The van der Waals surface area contributed by atoms with Crippen LogP contribution >= 0.6 is 15.9 Å². The molecule has 4 heteroatoms. The Kier molecular flexibility index (Phi) is 5.36. The second-order valence-corrected chi connectivity index (χ2v) is 3.94. The van der Waals surface area contributed by atoms with E-state index in [0.717, 1.165) is 10.0 Å². The molecule has 0 aromatic heterocycles. The van der Waals surface area contributed by atoms with Crippen molar-refractivity contribution in [3.05, 3.63) is 53.2 Å². The maximum absolute atomic E-state index is 11.1. The predicted molar refractivity (Wildman–Crippen MR) is 69.9 cm³/mol. The van der Waals surface area contributed by atoms with Gasteiger partial charge in [0.2, 0.25) is 0 Å². The zero-order chi connectivity index (χ0) is 11.8. The fraction of sp³-hybridized carbons (Fsp3) is 0.0833. The van der Waals surface area contributed by atoms with Gasteiger partial charge >= 0.3 is 6.03 Å². The highest BCUT2D eigenvalue weighted by atomic mass is 79.9. The summed E-state index contributed by atoms with van der Waals surface area (Å²) in [6, 6.07) is 7.54. The molecule has 0 aliphatic rings. The van der Waals surface area contributed by atoms with Crippen molar-refractivity contribution in [2.24, 2.45) is 0 Å². The lowest BCUT2D eigenvalue weighted by molar-refractivity contribution is 0.245. The largest absolute Gasteiger partial charge is 0.334 e. The molecule has 84 valence electrons. The van der Waals surface area contributed by atoms with Crippen LogP contribution in [0.25, 0.3) is 6.08 Å². The molecule has 2 amide bonds. The Labute approximate surface area is 103 Å². The van der Waals surface area contributed by atoms with Gasteiger partial charge in [-0.05, 0) is 23.8 Å². The molecule has 0 radical (unpaired) electrons. The minimum absolute atomic E-state index is 0.242. The van der Waals surface area contributed by atoms with Crippen LogP contribution in [-0.4, -0.2) is 12.6 Å².